The number of hydrogen-bond donors (Lipinski definition) is 18. The first-order valence-corrected chi connectivity index (χ1v) is 43.4. The van der Waals surface area contributed by atoms with E-state index in [4.69, 9.17) is 20.3 Å². The molecule has 36 heteroatoms. The molecule has 3 atom stereocenters. The second-order valence-corrected chi connectivity index (χ2v) is 31.8. The molecule has 1 aliphatic rings. The Morgan fingerprint density at radius 3 is 0.993 bits per heavy atom. The molecule has 1 fully saturated rings. The van der Waals surface area contributed by atoms with Gasteiger partial charge in [-0.3, -0.25) is 49.5 Å². The van der Waals surface area contributed by atoms with E-state index in [2.05, 4.69) is 72.3 Å². The van der Waals surface area contributed by atoms with E-state index in [9.17, 15) is 86.5 Å². The van der Waals surface area contributed by atoms with Crippen LogP contribution >= 0.6 is 0 Å². The Hall–Kier alpha value is -17.2. The van der Waals surface area contributed by atoms with Crippen LogP contribution in [0.1, 0.15) is 153 Å². The van der Waals surface area contributed by atoms with E-state index in [1.54, 1.807) is 158 Å². The monoisotopic (exact) mass is 1890 g/mol. The highest BCUT2D eigenvalue weighted by molar-refractivity contribution is 6.10. The summed E-state index contributed by atoms with van der Waals surface area (Å²) < 4.78 is 76.6. The molecule has 0 unspecified atom stereocenters. The molecule has 0 spiro atoms. The molecule has 19 N–H and O–H groups in total. The number of carbonyl (C=O) groups excluding carboxylic acids is 5. The highest BCUT2D eigenvalue weighted by atomic mass is 19.1. The fourth-order valence-electron chi connectivity index (χ4n) is 14.1. The van der Waals surface area contributed by atoms with Crippen molar-refractivity contribution in [1.29, 1.82) is 0 Å². The number of halogens is 5. The van der Waals surface area contributed by atoms with Gasteiger partial charge in [-0.15, -0.1) is 0 Å². The molecule has 1 saturated carbocycles. The van der Waals surface area contributed by atoms with E-state index in [1.165, 1.54) is 91.9 Å². The van der Waals surface area contributed by atoms with Crippen LogP contribution in [0.5, 0.6) is 28.7 Å². The molecule has 0 aliphatic heterocycles. The lowest BCUT2D eigenvalue weighted by atomic mass is 10.0. The lowest BCUT2D eigenvalue weighted by molar-refractivity contribution is -0.119. The van der Waals surface area contributed by atoms with E-state index in [1.807, 2.05) is 44.2 Å². The predicted molar refractivity (Wildman–Crippen MR) is 518 cm³/mol. The number of aliphatic hydroxyl groups excluding tert-OH is 4. The zero-order valence-electron chi connectivity index (χ0n) is 74.6. The number of primary amides is 1. The van der Waals surface area contributed by atoms with Gasteiger partial charge in [-0.05, 0) is 211 Å². The second kappa shape index (κ2) is 46.6. The number of hydrogen-bond acceptors (Lipinski definition) is 20. The average molecular weight is 1890 g/mol. The molecule has 712 valence electrons. The summed E-state index contributed by atoms with van der Waals surface area (Å²) >= 11 is 0. The smallest absolute Gasteiger partial charge is 0.339 e. The van der Waals surface area contributed by atoms with E-state index < -0.39 is 47.7 Å². The maximum atomic E-state index is 13.2. The van der Waals surface area contributed by atoms with Gasteiger partial charge in [0.15, 0.2) is 0 Å². The molecule has 5 heterocycles. The van der Waals surface area contributed by atoms with Crippen LogP contribution in [-0.4, -0.2) is 185 Å². The Balaban J connectivity index is 0.000000147. The predicted octanol–water partition coefficient (Wildman–Crippen LogP) is 15.6. The Kier molecular flexibility index (Phi) is 33.3. The SMILES string of the molecule is CC(C)[C@@H](CO)NC(=O)c1ccc2n[nH]c(/C=C/c3ccc(F)cc3)c2c1O.C[C@H](NC(=O)c1ccc2n[nH]c(/C=C/c3ccc(F)cc3)c2c1OCCO)C(N)=O.O=C(NC1CC1)c1ccc2n[nH]c(/C=C/c3ccc(F)cc3)c2c1O.O=C(N[C@H](CO)c1ccccc1)c1ccc2n[nH]c(/C=C/c3ccc(F)cc3)c2c1OCCO.O=C(O)c1ccc2n[nH]c(/C=C/c3ccc(F)cc3)c2c1O. The zero-order valence-corrected chi connectivity index (χ0v) is 74.6. The van der Waals surface area contributed by atoms with Crippen LogP contribution in [0.15, 0.2) is 212 Å². The quantitative estimate of drug-likeness (QED) is 0.0186. The van der Waals surface area contributed by atoms with Crippen LogP contribution < -0.4 is 36.5 Å². The van der Waals surface area contributed by atoms with Gasteiger partial charge in [-0.2, -0.15) is 25.5 Å². The summed E-state index contributed by atoms with van der Waals surface area (Å²) in [5, 5.41) is 126. The van der Waals surface area contributed by atoms with Gasteiger partial charge in [0.25, 0.3) is 23.6 Å². The molecule has 11 aromatic carbocycles. The molecule has 0 saturated heterocycles. The normalized spacial score (nSPS) is 12.6. The fraction of sp³-hybridized carbons (Fsp3) is 0.155. The van der Waals surface area contributed by atoms with Gasteiger partial charge in [-0.25, -0.2) is 26.7 Å². The summed E-state index contributed by atoms with van der Waals surface area (Å²) in [6.07, 6.45) is 19.3. The number of aromatic nitrogens is 10. The minimum absolute atomic E-state index is 0.0200. The van der Waals surface area contributed by atoms with Gasteiger partial charge in [0.1, 0.15) is 82.7 Å². The van der Waals surface area contributed by atoms with Crippen molar-refractivity contribution < 1.29 is 101 Å². The van der Waals surface area contributed by atoms with Crippen molar-refractivity contribution in [1.82, 2.24) is 72.3 Å². The summed E-state index contributed by atoms with van der Waals surface area (Å²) in [6, 6.07) is 53.0. The van der Waals surface area contributed by atoms with Crippen molar-refractivity contribution in [3.63, 3.8) is 0 Å². The summed E-state index contributed by atoms with van der Waals surface area (Å²) in [4.78, 5) is 73.1. The molecule has 17 rings (SSSR count). The third-order valence-corrected chi connectivity index (χ3v) is 21.7. The number of carbonyl (C=O) groups is 6. The molecular formula is C103H94F5N15O16. The highest BCUT2D eigenvalue weighted by Gasteiger charge is 2.29. The van der Waals surface area contributed by atoms with Crippen molar-refractivity contribution in [3.05, 3.63) is 331 Å². The average Bonchev–Trinajstić information content (AvgIpc) is 1.69. The third kappa shape index (κ3) is 25.4. The number of aromatic amines is 5. The number of aromatic carboxylic acids is 1. The van der Waals surface area contributed by atoms with Crippen LogP contribution in [0, 0.1) is 35.0 Å². The second-order valence-electron chi connectivity index (χ2n) is 31.8. The Morgan fingerprint density at radius 2 is 0.683 bits per heavy atom. The number of H-pyrrole nitrogens is 5. The maximum absolute atomic E-state index is 13.2. The van der Waals surface area contributed by atoms with Crippen LogP contribution in [0.2, 0.25) is 0 Å². The molecule has 31 nitrogen and oxygen atoms in total. The first kappa shape index (κ1) is 99.3. The number of carboxylic acids is 1. The van der Waals surface area contributed by atoms with Crippen molar-refractivity contribution >= 4 is 151 Å². The largest absolute Gasteiger partial charge is 0.506 e. The molecule has 5 amide bonds. The van der Waals surface area contributed by atoms with Gasteiger partial charge in [0.05, 0.1) is 144 Å². The van der Waals surface area contributed by atoms with Crippen molar-refractivity contribution in [2.45, 2.75) is 57.8 Å². The lowest BCUT2D eigenvalue weighted by Crippen LogP contribution is -2.42. The van der Waals surface area contributed by atoms with Crippen LogP contribution in [0.3, 0.4) is 0 Å². The topological polar surface area (TPSA) is 500 Å². The van der Waals surface area contributed by atoms with E-state index in [0.717, 1.165) is 46.2 Å². The minimum Gasteiger partial charge on any atom is -0.506 e. The number of amides is 5. The highest BCUT2D eigenvalue weighted by Crippen LogP contribution is 2.39. The van der Waals surface area contributed by atoms with Gasteiger partial charge in [0, 0.05) is 6.04 Å². The first-order chi connectivity index (χ1) is 67.1. The molecule has 0 bridgehead atoms. The third-order valence-electron chi connectivity index (χ3n) is 21.7. The molecule has 139 heavy (non-hydrogen) atoms. The summed E-state index contributed by atoms with van der Waals surface area (Å²) in [7, 11) is 0. The number of phenols is 3. The van der Waals surface area contributed by atoms with Gasteiger partial charge in [0.2, 0.25) is 5.91 Å². The Labute approximate surface area is 789 Å². The first-order valence-electron chi connectivity index (χ1n) is 43.4. The number of ether oxygens (including phenoxy) is 2. The fourth-order valence-corrected chi connectivity index (χ4v) is 14.1. The number of fused-ring (bicyclic) bond motifs is 5. The van der Waals surface area contributed by atoms with Crippen LogP contribution in [0.25, 0.3) is 115 Å². The van der Waals surface area contributed by atoms with Gasteiger partial charge >= 0.3 is 5.97 Å². The lowest BCUT2D eigenvalue weighted by Gasteiger charge is -2.20. The number of nitrogens with two attached hydrogens (primary N) is 1. The van der Waals surface area contributed by atoms with Gasteiger partial charge in [-0.1, -0.05) is 135 Å². The summed E-state index contributed by atoms with van der Waals surface area (Å²) in [5.74, 6) is -5.33. The molecule has 1 aliphatic carbocycles. The summed E-state index contributed by atoms with van der Waals surface area (Å²) in [5.41, 5.74) is 15.8. The number of benzene rings is 11. The van der Waals surface area contributed by atoms with E-state index in [-0.39, 0.29) is 143 Å². The number of aliphatic hydroxyl groups is 4. The van der Waals surface area contributed by atoms with Crippen molar-refractivity contribution in [3.8, 4) is 28.7 Å². The van der Waals surface area contributed by atoms with Gasteiger partial charge < -0.3 is 77.3 Å². The van der Waals surface area contributed by atoms with E-state index >= 15 is 0 Å². The van der Waals surface area contributed by atoms with Crippen molar-refractivity contribution in [2.75, 3.05) is 39.6 Å². The van der Waals surface area contributed by atoms with E-state index in [0.29, 0.717) is 83.0 Å². The standard InChI is InChI=1S/C26H24FN3O4.C21H21FN4O4.C21H22FN3O3.C19H16FN3O2.C16H11FN2O3/c27-19-9-6-17(7-10-19)8-12-21-24-22(30-29-21)13-11-20(25(24)34-15-14-31)26(33)28-23(16-32)18-4-2-1-3-5-18;1-12(20(23)28)24-21(29)15-7-9-17-18(19(15)30-11-10-27)16(25-26-17)8-4-13-2-5-14(22)6-3-13;1-12(2)18(11-26)23-21(28)15-8-10-17-19(20(15)27)16(24-25-17)9-5-13-3-6-14(22)7-4-13;20-12-4-1-11(2-5-12)3-9-15-17-16(23-22-15)10-8-14(18(17)24)19(25)21-13-6-7-13;17-10-4-1-9(2-5-10)3-7-12-14-13(19-18-12)8-6-11(15(14)20)16(21)22/h1-13,23,31-32H,14-16H2,(H,28,33)(H,29,30);2-9,12,27H,10-11H2,1H3,(H2,23,28)(H,24,29)(H,25,26);3-10,12,18,26-27H,11H2,1-2H3,(H,23,28)(H,24,25);1-5,8-10,13,24H,6-7H2,(H,21,25)(H,22,23);1-8,20H,(H,18,19)(H,21,22)/b12-8+;8-4+;9-5+;9-3+;7-3+/t23-;12-;18-;;/m101../s1. The number of carboxylic acid groups (broad SMARTS) is 1. The molecule has 5 aromatic heterocycles. The minimum atomic E-state index is -1.21. The number of nitrogens with one attached hydrogen (secondary N) is 9. The maximum Gasteiger partial charge on any atom is 0.339 e. The van der Waals surface area contributed by atoms with Crippen LogP contribution in [0.4, 0.5) is 22.0 Å². The number of phenolic OH excluding ortho intramolecular Hbond substituents is 2. The zero-order chi connectivity index (χ0) is 98.9. The number of rotatable bonds is 30. The Bertz CT molecular complexity index is 7220. The Morgan fingerprint density at radius 1 is 0.381 bits per heavy atom. The summed E-state index contributed by atoms with van der Waals surface area (Å²) in [6.45, 7) is 4.23. The molecular weight excluding hydrogens is 1800 g/mol. The number of aromatic hydroxyl groups is 3. The van der Waals surface area contributed by atoms with Crippen LogP contribution in [-0.2, 0) is 4.79 Å². The molecule has 0 radical (unpaired) electrons. The number of nitrogens with zero attached hydrogens (tertiary/aromatic N) is 5. The van der Waals surface area contributed by atoms with Crippen molar-refractivity contribution in [2.24, 2.45) is 11.7 Å². The molecule has 16 aromatic rings.